The number of aromatic nitrogens is 2. The maximum absolute atomic E-state index is 12.2. The van der Waals surface area contributed by atoms with Gasteiger partial charge in [-0.15, -0.1) is 17.9 Å². The Labute approximate surface area is 187 Å². The zero-order chi connectivity index (χ0) is 22.2. The third-order valence-electron chi connectivity index (χ3n) is 4.61. The molecule has 162 valence electrons. The SMILES string of the molecule is C=CCc1c(C)nc(-c2cccs2)nc1Nc1ccc(C(OCC)C(=O)OCC)cc1. The van der Waals surface area contributed by atoms with Crippen LogP contribution in [0.1, 0.15) is 36.8 Å². The van der Waals surface area contributed by atoms with Crippen LogP contribution < -0.4 is 5.32 Å². The third kappa shape index (κ3) is 5.57. The fourth-order valence-electron chi connectivity index (χ4n) is 3.17. The molecule has 31 heavy (non-hydrogen) atoms. The molecular formula is C24H27N3O3S. The second kappa shape index (κ2) is 10.8. The van der Waals surface area contributed by atoms with Gasteiger partial charge in [-0.1, -0.05) is 24.3 Å². The summed E-state index contributed by atoms with van der Waals surface area (Å²) in [5.41, 5.74) is 3.51. The molecule has 0 amide bonds. The summed E-state index contributed by atoms with van der Waals surface area (Å²) in [5, 5.41) is 5.41. The van der Waals surface area contributed by atoms with Crippen molar-refractivity contribution >= 4 is 28.8 Å². The van der Waals surface area contributed by atoms with Crippen molar-refractivity contribution in [2.45, 2.75) is 33.3 Å². The molecule has 2 aromatic heterocycles. The summed E-state index contributed by atoms with van der Waals surface area (Å²) in [5.74, 6) is 1.05. The van der Waals surface area contributed by atoms with E-state index < -0.39 is 6.10 Å². The van der Waals surface area contributed by atoms with Crippen LogP contribution in [0.4, 0.5) is 11.5 Å². The average molecular weight is 438 g/mol. The van der Waals surface area contributed by atoms with Gasteiger partial charge in [0.25, 0.3) is 0 Å². The number of nitrogens with zero attached hydrogens (tertiary/aromatic N) is 2. The molecule has 0 fully saturated rings. The van der Waals surface area contributed by atoms with Gasteiger partial charge >= 0.3 is 5.97 Å². The van der Waals surface area contributed by atoms with Gasteiger partial charge in [-0.2, -0.15) is 0 Å². The van der Waals surface area contributed by atoms with Gasteiger partial charge in [0.15, 0.2) is 11.9 Å². The molecule has 0 aliphatic carbocycles. The van der Waals surface area contributed by atoms with Crippen molar-refractivity contribution in [1.29, 1.82) is 0 Å². The standard InChI is InChI=1S/C24H27N3O3S/c1-5-9-19-16(4)25-23(20-10-8-15-31-20)27-22(19)26-18-13-11-17(12-14-18)21(29-6-2)24(28)30-7-3/h5,8,10-15,21H,1,6-7,9H2,2-4H3,(H,25,26,27). The van der Waals surface area contributed by atoms with Gasteiger partial charge in [0.1, 0.15) is 5.82 Å². The third-order valence-corrected chi connectivity index (χ3v) is 5.48. The average Bonchev–Trinajstić information content (AvgIpc) is 3.30. The lowest BCUT2D eigenvalue weighted by molar-refractivity contribution is -0.157. The van der Waals surface area contributed by atoms with Crippen molar-refractivity contribution in [3.63, 3.8) is 0 Å². The molecule has 0 saturated heterocycles. The first-order chi connectivity index (χ1) is 15.1. The van der Waals surface area contributed by atoms with Crippen molar-refractivity contribution in [1.82, 2.24) is 9.97 Å². The lowest BCUT2D eigenvalue weighted by atomic mass is 10.1. The molecule has 3 aromatic rings. The summed E-state index contributed by atoms with van der Waals surface area (Å²) in [6.45, 7) is 10.2. The molecular weight excluding hydrogens is 410 g/mol. The van der Waals surface area contributed by atoms with Crippen LogP contribution in [0.25, 0.3) is 10.7 Å². The first-order valence-corrected chi connectivity index (χ1v) is 11.1. The van der Waals surface area contributed by atoms with E-state index in [0.29, 0.717) is 25.5 Å². The molecule has 1 aromatic carbocycles. The highest BCUT2D eigenvalue weighted by molar-refractivity contribution is 7.13. The number of carbonyl (C=O) groups is 1. The number of allylic oxidation sites excluding steroid dienone is 1. The van der Waals surface area contributed by atoms with E-state index in [0.717, 1.165) is 33.2 Å². The lowest BCUT2D eigenvalue weighted by Gasteiger charge is -2.17. The van der Waals surface area contributed by atoms with E-state index in [4.69, 9.17) is 14.5 Å². The van der Waals surface area contributed by atoms with Crippen molar-refractivity contribution < 1.29 is 14.3 Å². The topological polar surface area (TPSA) is 73.3 Å². The minimum atomic E-state index is -0.734. The number of ether oxygens (including phenoxy) is 2. The molecule has 1 N–H and O–H groups in total. The Kier molecular flexibility index (Phi) is 7.92. The van der Waals surface area contributed by atoms with E-state index in [9.17, 15) is 4.79 Å². The highest BCUT2D eigenvalue weighted by Crippen LogP contribution is 2.29. The van der Waals surface area contributed by atoms with Gasteiger partial charge in [0.05, 0.1) is 11.5 Å². The minimum absolute atomic E-state index is 0.313. The van der Waals surface area contributed by atoms with Gasteiger partial charge < -0.3 is 14.8 Å². The van der Waals surface area contributed by atoms with Gasteiger partial charge in [0.2, 0.25) is 0 Å². The van der Waals surface area contributed by atoms with Gasteiger partial charge in [-0.3, -0.25) is 0 Å². The zero-order valence-corrected chi connectivity index (χ0v) is 18.9. The summed E-state index contributed by atoms with van der Waals surface area (Å²) in [7, 11) is 0. The smallest absolute Gasteiger partial charge is 0.339 e. The Morgan fingerprint density at radius 1 is 1.19 bits per heavy atom. The Balaban J connectivity index is 1.89. The lowest BCUT2D eigenvalue weighted by Crippen LogP contribution is -2.19. The van der Waals surface area contributed by atoms with Gasteiger partial charge in [-0.05, 0) is 56.3 Å². The predicted octanol–water partition coefficient (Wildman–Crippen LogP) is 5.63. The molecule has 6 nitrogen and oxygen atoms in total. The Morgan fingerprint density at radius 2 is 1.97 bits per heavy atom. The number of benzene rings is 1. The van der Waals surface area contributed by atoms with Crippen molar-refractivity contribution in [2.24, 2.45) is 0 Å². The first kappa shape index (κ1) is 22.7. The number of rotatable bonds is 10. The van der Waals surface area contributed by atoms with E-state index in [1.807, 2.05) is 61.7 Å². The number of nitrogens with one attached hydrogen (secondary N) is 1. The van der Waals surface area contributed by atoms with E-state index in [2.05, 4.69) is 16.9 Å². The molecule has 1 atom stereocenters. The molecule has 3 rings (SSSR count). The van der Waals surface area contributed by atoms with Gasteiger partial charge in [-0.25, -0.2) is 14.8 Å². The number of thiophene rings is 1. The second-order valence-electron chi connectivity index (χ2n) is 6.76. The normalized spacial score (nSPS) is 11.7. The largest absolute Gasteiger partial charge is 0.464 e. The first-order valence-electron chi connectivity index (χ1n) is 10.2. The predicted molar refractivity (Wildman–Crippen MR) is 125 cm³/mol. The van der Waals surface area contributed by atoms with Crippen LogP contribution >= 0.6 is 11.3 Å². The highest BCUT2D eigenvalue weighted by Gasteiger charge is 2.22. The Bertz CT molecular complexity index is 1020. The summed E-state index contributed by atoms with van der Waals surface area (Å²) in [6.07, 6.45) is 1.77. The number of hydrogen-bond acceptors (Lipinski definition) is 7. The van der Waals surface area contributed by atoms with Gasteiger partial charge in [0, 0.05) is 23.6 Å². The summed E-state index contributed by atoms with van der Waals surface area (Å²) in [6, 6.07) is 11.5. The molecule has 0 saturated carbocycles. The quantitative estimate of drug-likeness (QED) is 0.327. The molecule has 1 unspecified atom stereocenters. The van der Waals surface area contributed by atoms with E-state index >= 15 is 0 Å². The maximum atomic E-state index is 12.2. The molecule has 0 bridgehead atoms. The van der Waals surface area contributed by atoms with Crippen molar-refractivity contribution in [2.75, 3.05) is 18.5 Å². The monoisotopic (exact) mass is 437 g/mol. The van der Waals surface area contributed by atoms with E-state index in [-0.39, 0.29) is 5.97 Å². The number of aryl methyl sites for hydroxylation is 1. The Morgan fingerprint density at radius 3 is 2.58 bits per heavy atom. The highest BCUT2D eigenvalue weighted by atomic mass is 32.1. The number of anilines is 2. The number of esters is 1. The molecule has 7 heteroatoms. The van der Waals surface area contributed by atoms with Crippen LogP contribution in [0.15, 0.2) is 54.4 Å². The number of carbonyl (C=O) groups excluding carboxylic acids is 1. The summed E-state index contributed by atoms with van der Waals surface area (Å²) in [4.78, 5) is 22.7. The molecule has 2 heterocycles. The van der Waals surface area contributed by atoms with E-state index in [1.54, 1.807) is 18.3 Å². The maximum Gasteiger partial charge on any atom is 0.339 e. The zero-order valence-electron chi connectivity index (χ0n) is 18.1. The van der Waals surface area contributed by atoms with Crippen LogP contribution in [-0.2, 0) is 20.7 Å². The fraction of sp³-hybridized carbons (Fsp3) is 0.292. The van der Waals surface area contributed by atoms with Crippen LogP contribution in [0, 0.1) is 6.92 Å². The van der Waals surface area contributed by atoms with Crippen LogP contribution in [0.3, 0.4) is 0 Å². The second-order valence-corrected chi connectivity index (χ2v) is 7.71. The Hall–Kier alpha value is -3.03. The van der Waals surface area contributed by atoms with Crippen LogP contribution in [0.2, 0.25) is 0 Å². The van der Waals surface area contributed by atoms with Crippen LogP contribution in [0.5, 0.6) is 0 Å². The minimum Gasteiger partial charge on any atom is -0.464 e. The number of hydrogen-bond donors (Lipinski definition) is 1. The summed E-state index contributed by atoms with van der Waals surface area (Å²) < 4.78 is 10.7. The molecule has 0 spiro atoms. The van der Waals surface area contributed by atoms with Crippen LogP contribution in [-0.4, -0.2) is 29.2 Å². The molecule has 0 aliphatic rings. The fourth-order valence-corrected chi connectivity index (χ4v) is 3.82. The molecule has 0 radical (unpaired) electrons. The van der Waals surface area contributed by atoms with Crippen molar-refractivity contribution in [3.05, 3.63) is 71.3 Å². The van der Waals surface area contributed by atoms with E-state index in [1.165, 1.54) is 0 Å². The molecule has 0 aliphatic heterocycles. The van der Waals surface area contributed by atoms with Crippen molar-refractivity contribution in [3.8, 4) is 10.7 Å². The summed E-state index contributed by atoms with van der Waals surface area (Å²) >= 11 is 1.60.